The first-order chi connectivity index (χ1) is 7.55. The van der Waals surface area contributed by atoms with Crippen LogP contribution in [-0.4, -0.2) is 25.2 Å². The fourth-order valence-corrected chi connectivity index (χ4v) is 1.27. The van der Waals surface area contributed by atoms with E-state index in [0.717, 1.165) is 6.42 Å². The highest BCUT2D eigenvalue weighted by Crippen LogP contribution is 2.11. The lowest BCUT2D eigenvalue weighted by Gasteiger charge is -2.22. The second-order valence-electron chi connectivity index (χ2n) is 4.34. The molecule has 0 aliphatic heterocycles. The molecule has 0 fully saturated rings. The quantitative estimate of drug-likeness (QED) is 0.828. The zero-order valence-electron chi connectivity index (χ0n) is 10.1. The summed E-state index contributed by atoms with van der Waals surface area (Å²) < 4.78 is 5.27. The Balaban J connectivity index is 2.37. The van der Waals surface area contributed by atoms with Gasteiger partial charge in [-0.1, -0.05) is 18.2 Å². The van der Waals surface area contributed by atoms with Crippen LogP contribution >= 0.6 is 0 Å². The first-order valence-corrected chi connectivity index (χ1v) is 5.43. The minimum atomic E-state index is -0.191. The maximum atomic E-state index is 11.7. The van der Waals surface area contributed by atoms with Gasteiger partial charge in [-0.2, -0.15) is 0 Å². The van der Waals surface area contributed by atoms with Gasteiger partial charge in [0.1, 0.15) is 0 Å². The molecule has 1 aromatic carbocycles. The van der Waals surface area contributed by atoms with Gasteiger partial charge in [0.25, 0.3) is 5.91 Å². The second kappa shape index (κ2) is 5.66. The standard InChI is InChI=1S/C13H19NO2/c1-13(2,16-3)9-10-14-12(15)11-7-5-4-6-8-11/h4-8H,9-10H2,1-3H3,(H,14,15). The molecule has 1 rings (SSSR count). The van der Waals surface area contributed by atoms with Crippen molar-refractivity contribution in [1.29, 1.82) is 0 Å². The van der Waals surface area contributed by atoms with Crippen LogP contribution in [0.25, 0.3) is 0 Å². The topological polar surface area (TPSA) is 38.3 Å². The molecule has 0 saturated carbocycles. The number of benzene rings is 1. The van der Waals surface area contributed by atoms with Crippen molar-refractivity contribution in [3.05, 3.63) is 35.9 Å². The minimum Gasteiger partial charge on any atom is -0.379 e. The summed E-state index contributed by atoms with van der Waals surface area (Å²) >= 11 is 0. The Morgan fingerprint density at radius 2 is 1.94 bits per heavy atom. The molecule has 1 amide bonds. The van der Waals surface area contributed by atoms with Crippen LogP contribution in [0.15, 0.2) is 30.3 Å². The highest BCUT2D eigenvalue weighted by Gasteiger charge is 2.16. The fraction of sp³-hybridized carbons (Fsp3) is 0.462. The average molecular weight is 221 g/mol. The Kier molecular flexibility index (Phi) is 4.50. The van der Waals surface area contributed by atoms with E-state index in [1.807, 2.05) is 32.0 Å². The number of nitrogens with one attached hydrogen (secondary N) is 1. The number of methoxy groups -OCH3 is 1. The lowest BCUT2D eigenvalue weighted by molar-refractivity contribution is 0.0160. The number of carbonyl (C=O) groups is 1. The number of hydrogen-bond acceptors (Lipinski definition) is 2. The van der Waals surface area contributed by atoms with E-state index in [4.69, 9.17) is 4.74 Å². The van der Waals surface area contributed by atoms with E-state index in [2.05, 4.69) is 5.32 Å². The van der Waals surface area contributed by atoms with E-state index in [-0.39, 0.29) is 11.5 Å². The number of carbonyl (C=O) groups excluding carboxylic acids is 1. The molecule has 0 unspecified atom stereocenters. The number of ether oxygens (including phenoxy) is 1. The molecule has 0 spiro atoms. The van der Waals surface area contributed by atoms with Crippen molar-refractivity contribution in [3.8, 4) is 0 Å². The summed E-state index contributed by atoms with van der Waals surface area (Å²) in [6, 6.07) is 9.21. The summed E-state index contributed by atoms with van der Waals surface area (Å²) in [4.78, 5) is 11.7. The van der Waals surface area contributed by atoms with Crippen molar-refractivity contribution < 1.29 is 9.53 Å². The average Bonchev–Trinajstić information content (AvgIpc) is 2.30. The van der Waals surface area contributed by atoms with Crippen LogP contribution in [0.3, 0.4) is 0 Å². The predicted octanol–water partition coefficient (Wildman–Crippen LogP) is 2.23. The van der Waals surface area contributed by atoms with E-state index in [1.165, 1.54) is 0 Å². The fourth-order valence-electron chi connectivity index (χ4n) is 1.27. The van der Waals surface area contributed by atoms with Gasteiger partial charge in [0.2, 0.25) is 0 Å². The van der Waals surface area contributed by atoms with Gasteiger partial charge in [0, 0.05) is 19.2 Å². The van der Waals surface area contributed by atoms with E-state index >= 15 is 0 Å². The van der Waals surface area contributed by atoms with Gasteiger partial charge < -0.3 is 10.1 Å². The zero-order chi connectivity index (χ0) is 12.0. The summed E-state index contributed by atoms with van der Waals surface area (Å²) in [5, 5.41) is 2.87. The van der Waals surface area contributed by atoms with E-state index in [9.17, 15) is 4.79 Å². The Morgan fingerprint density at radius 1 is 1.31 bits per heavy atom. The number of hydrogen-bond donors (Lipinski definition) is 1. The Bertz CT molecular complexity index is 333. The lowest BCUT2D eigenvalue weighted by Crippen LogP contribution is -2.32. The predicted molar refractivity (Wildman–Crippen MR) is 64.5 cm³/mol. The highest BCUT2D eigenvalue weighted by molar-refractivity contribution is 5.94. The van der Waals surface area contributed by atoms with E-state index < -0.39 is 0 Å². The van der Waals surface area contributed by atoms with Crippen LogP contribution < -0.4 is 5.32 Å². The molecule has 1 N–H and O–H groups in total. The molecular weight excluding hydrogens is 202 g/mol. The first kappa shape index (κ1) is 12.7. The van der Waals surface area contributed by atoms with Crippen molar-refractivity contribution >= 4 is 5.91 Å². The molecule has 88 valence electrons. The summed E-state index contributed by atoms with van der Waals surface area (Å²) in [5.41, 5.74) is 0.502. The molecular formula is C13H19NO2. The van der Waals surface area contributed by atoms with E-state index in [0.29, 0.717) is 12.1 Å². The van der Waals surface area contributed by atoms with Crippen molar-refractivity contribution in [2.75, 3.05) is 13.7 Å². The van der Waals surface area contributed by atoms with Gasteiger partial charge in [-0.05, 0) is 32.4 Å². The van der Waals surface area contributed by atoms with Crippen LogP contribution in [0.1, 0.15) is 30.6 Å². The molecule has 0 aliphatic rings. The second-order valence-corrected chi connectivity index (χ2v) is 4.34. The van der Waals surface area contributed by atoms with Gasteiger partial charge in [-0.3, -0.25) is 4.79 Å². The monoisotopic (exact) mass is 221 g/mol. The maximum Gasteiger partial charge on any atom is 0.251 e. The molecule has 0 heterocycles. The molecule has 0 radical (unpaired) electrons. The highest BCUT2D eigenvalue weighted by atomic mass is 16.5. The normalized spacial score (nSPS) is 11.2. The van der Waals surface area contributed by atoms with Gasteiger partial charge in [-0.15, -0.1) is 0 Å². The third kappa shape index (κ3) is 4.03. The van der Waals surface area contributed by atoms with Gasteiger partial charge >= 0.3 is 0 Å². The summed E-state index contributed by atoms with van der Waals surface area (Å²) in [6.45, 7) is 4.62. The molecule has 0 saturated heterocycles. The minimum absolute atomic E-state index is 0.0347. The van der Waals surface area contributed by atoms with Gasteiger partial charge in [-0.25, -0.2) is 0 Å². The van der Waals surface area contributed by atoms with Crippen LogP contribution in [0.5, 0.6) is 0 Å². The van der Waals surface area contributed by atoms with Gasteiger partial charge in [0.15, 0.2) is 0 Å². The summed E-state index contributed by atoms with van der Waals surface area (Å²) in [5.74, 6) is -0.0347. The molecule has 1 aromatic rings. The zero-order valence-corrected chi connectivity index (χ0v) is 10.1. The van der Waals surface area contributed by atoms with Crippen molar-refractivity contribution in [2.24, 2.45) is 0 Å². The molecule has 3 nitrogen and oxygen atoms in total. The number of amides is 1. The molecule has 0 bridgehead atoms. The smallest absolute Gasteiger partial charge is 0.251 e. The molecule has 0 aliphatic carbocycles. The Morgan fingerprint density at radius 3 is 2.50 bits per heavy atom. The number of rotatable bonds is 5. The molecule has 0 aromatic heterocycles. The van der Waals surface area contributed by atoms with Crippen molar-refractivity contribution in [3.63, 3.8) is 0 Å². The van der Waals surface area contributed by atoms with Crippen LogP contribution in [0.4, 0.5) is 0 Å². The molecule has 0 atom stereocenters. The van der Waals surface area contributed by atoms with Crippen LogP contribution in [0.2, 0.25) is 0 Å². The third-order valence-electron chi connectivity index (χ3n) is 2.60. The molecule has 16 heavy (non-hydrogen) atoms. The first-order valence-electron chi connectivity index (χ1n) is 5.43. The van der Waals surface area contributed by atoms with Crippen LogP contribution in [0, 0.1) is 0 Å². The Hall–Kier alpha value is -1.35. The largest absolute Gasteiger partial charge is 0.379 e. The molecule has 3 heteroatoms. The third-order valence-corrected chi connectivity index (χ3v) is 2.60. The maximum absolute atomic E-state index is 11.7. The van der Waals surface area contributed by atoms with Crippen LogP contribution in [-0.2, 0) is 4.74 Å². The Labute approximate surface area is 96.8 Å². The van der Waals surface area contributed by atoms with Crippen molar-refractivity contribution in [1.82, 2.24) is 5.32 Å². The van der Waals surface area contributed by atoms with Gasteiger partial charge in [0.05, 0.1) is 5.60 Å². The van der Waals surface area contributed by atoms with E-state index in [1.54, 1.807) is 19.2 Å². The lowest BCUT2D eigenvalue weighted by atomic mass is 10.1. The SMILES string of the molecule is COC(C)(C)CCNC(=O)c1ccccc1. The summed E-state index contributed by atoms with van der Waals surface area (Å²) in [6.07, 6.45) is 0.794. The summed E-state index contributed by atoms with van der Waals surface area (Å²) in [7, 11) is 1.68. The van der Waals surface area contributed by atoms with Crippen molar-refractivity contribution in [2.45, 2.75) is 25.9 Å².